The van der Waals surface area contributed by atoms with E-state index in [4.69, 9.17) is 0 Å². The van der Waals surface area contributed by atoms with Crippen molar-refractivity contribution < 1.29 is 21.1 Å². The molecule has 5 fully saturated rings. The van der Waals surface area contributed by atoms with Crippen molar-refractivity contribution in [2.24, 2.45) is 58.7 Å². The van der Waals surface area contributed by atoms with Crippen molar-refractivity contribution in [2.45, 2.75) is 134 Å². The van der Waals surface area contributed by atoms with Crippen LogP contribution in [-0.2, 0) is 21.1 Å². The van der Waals surface area contributed by atoms with Crippen LogP contribution >= 0.6 is 23.5 Å². The summed E-state index contributed by atoms with van der Waals surface area (Å²) in [6.45, 7) is 18.1. The quantitative estimate of drug-likeness (QED) is 0.207. The van der Waals surface area contributed by atoms with Gasteiger partial charge in [0.25, 0.3) is 0 Å². The molecule has 0 N–H and O–H groups in total. The van der Waals surface area contributed by atoms with Gasteiger partial charge in [-0.2, -0.15) is 12.0 Å². The minimum atomic E-state index is -1.51. The topological polar surface area (TPSA) is 0 Å². The van der Waals surface area contributed by atoms with E-state index in [0.29, 0.717) is 5.41 Å². The van der Waals surface area contributed by atoms with E-state index in [0.717, 1.165) is 74.8 Å². The molecule has 224 valence electrons. The summed E-state index contributed by atoms with van der Waals surface area (Å²) < 4.78 is 0. The van der Waals surface area contributed by atoms with Crippen molar-refractivity contribution in [3.63, 3.8) is 0 Å². The van der Waals surface area contributed by atoms with Crippen molar-refractivity contribution in [2.75, 3.05) is 0 Å². The van der Waals surface area contributed by atoms with Crippen LogP contribution < -0.4 is 0 Å². The molecular weight excluding hydrogens is 708 g/mol. The average molecular weight is 766 g/mol. The normalized spacial score (nSPS) is 48.4. The fraction of sp³-hybridized carbons (Fsp3) is 0.861. The molecule has 0 amide bonds. The molecule has 40 heavy (non-hydrogen) atoms. The monoisotopic (exact) mass is 765 g/mol. The van der Waals surface area contributed by atoms with Gasteiger partial charge in [-0.05, 0) is 115 Å². The van der Waals surface area contributed by atoms with Gasteiger partial charge in [-0.15, -0.1) is 23.5 Å². The second kappa shape index (κ2) is 11.5. The molecule has 0 radical (unpaired) electrons. The van der Waals surface area contributed by atoms with Crippen LogP contribution in [0.1, 0.15) is 98.8 Å². The number of hydrogen-bond acceptors (Lipinski definition) is 2. The fourth-order valence-corrected chi connectivity index (χ4v) is 22.5. The second-order valence-corrected chi connectivity index (χ2v) is 24.9. The van der Waals surface area contributed by atoms with Gasteiger partial charge >= 0.3 is 0 Å². The Hall–Kier alpha value is 1.09. The summed E-state index contributed by atoms with van der Waals surface area (Å²) in [6, 6.07) is 0. The third kappa shape index (κ3) is 5.13. The molecule has 0 aromatic carbocycles. The van der Waals surface area contributed by atoms with Crippen LogP contribution in [0.25, 0.3) is 0 Å². The first kappa shape index (κ1) is 31.1. The van der Waals surface area contributed by atoms with Gasteiger partial charge in [0.2, 0.25) is 0 Å². The van der Waals surface area contributed by atoms with Gasteiger partial charge in [0.15, 0.2) is 0 Å². The summed E-state index contributed by atoms with van der Waals surface area (Å²) in [5, 5.41) is 1.75. The minimum Gasteiger partial charge on any atom is -0.327 e. The van der Waals surface area contributed by atoms with Crippen LogP contribution in [0, 0.1) is 65.1 Å². The molecule has 7 rings (SSSR count). The molecule has 0 aromatic rings. The zero-order valence-corrected chi connectivity index (χ0v) is 32.1. The molecule has 0 bridgehead atoms. The van der Waals surface area contributed by atoms with Crippen molar-refractivity contribution in [1.82, 2.24) is 0 Å². The van der Waals surface area contributed by atoms with Gasteiger partial charge < -0.3 is 6.42 Å². The maximum absolute atomic E-state index is 3.01. The molecule has 0 aromatic heterocycles. The molecule has 7 aliphatic rings. The molecule has 4 heteroatoms. The van der Waals surface area contributed by atoms with E-state index in [1.54, 1.807) is 41.9 Å². The summed E-state index contributed by atoms with van der Waals surface area (Å²) in [4.78, 5) is 3.26. The Morgan fingerprint density at radius 1 is 0.775 bits per heavy atom. The van der Waals surface area contributed by atoms with Crippen molar-refractivity contribution in [3.05, 3.63) is 28.4 Å². The predicted molar refractivity (Wildman–Crippen MR) is 177 cm³/mol. The Kier molecular flexibility index (Phi) is 8.91. The molecule has 2 aliphatic heterocycles. The van der Waals surface area contributed by atoms with Gasteiger partial charge in [-0.1, -0.05) is 77.1 Å². The van der Waals surface area contributed by atoms with E-state index >= 15 is 0 Å². The van der Waals surface area contributed by atoms with Gasteiger partial charge in [-0.25, -0.2) is 0 Å². The van der Waals surface area contributed by atoms with Gasteiger partial charge in [0.05, 0.1) is 0 Å². The van der Waals surface area contributed by atoms with Crippen LogP contribution in [0.2, 0.25) is 24.2 Å². The van der Waals surface area contributed by atoms with Crippen LogP contribution in [-0.4, -0.2) is 18.6 Å². The van der Waals surface area contributed by atoms with E-state index in [2.05, 4.69) is 89.8 Å². The Bertz CT molecular complexity index is 971. The fourth-order valence-electron chi connectivity index (χ4n) is 12.2. The van der Waals surface area contributed by atoms with Crippen molar-refractivity contribution >= 4 is 31.6 Å². The predicted octanol–water partition coefficient (Wildman–Crippen LogP) is 11.2. The number of allylic oxidation sites excluding steroid dienone is 4. The van der Waals surface area contributed by atoms with E-state index in [9.17, 15) is 0 Å². The number of hydrogen-bond donors (Lipinski definition) is 0. The third-order valence-electron chi connectivity index (χ3n) is 13.9. The molecule has 10 atom stereocenters. The summed E-state index contributed by atoms with van der Waals surface area (Å²) in [5.74, 6) is 8.86. The Morgan fingerprint density at radius 3 is 1.98 bits per heavy atom. The summed E-state index contributed by atoms with van der Waals surface area (Å²) >= 11 is 4.60. The van der Waals surface area contributed by atoms with Crippen molar-refractivity contribution in [3.8, 4) is 0 Å². The zero-order chi connectivity index (χ0) is 27.3. The summed E-state index contributed by atoms with van der Waals surface area (Å²) in [5.41, 5.74) is 2.43. The molecule has 0 saturated heterocycles. The Labute approximate surface area is 271 Å². The first-order valence-corrected chi connectivity index (χ1v) is 22.0. The van der Waals surface area contributed by atoms with Crippen LogP contribution in [0.3, 0.4) is 0 Å². The number of rotatable bonds is 3. The van der Waals surface area contributed by atoms with Gasteiger partial charge in [-0.3, -0.25) is 0 Å². The molecule has 0 nitrogen and oxygen atoms in total. The SMILES string of the molecule is CC1=CC2C3C=C(C)SC3C([Si](C)(C)C3[CH-]CC4C3CC3CCCCC3C4C3CCC(C(C)(C)C)CC3)C2S1.[W]. The molecule has 5 saturated carbocycles. The first-order chi connectivity index (χ1) is 18.5. The summed E-state index contributed by atoms with van der Waals surface area (Å²) in [7, 11) is -1.51. The van der Waals surface area contributed by atoms with Crippen LogP contribution in [0.15, 0.2) is 22.0 Å². The maximum Gasteiger partial charge on any atom is 0.0273 e. The molecule has 10 unspecified atom stereocenters. The Morgan fingerprint density at radius 2 is 1.38 bits per heavy atom. The second-order valence-electron chi connectivity index (χ2n) is 17.0. The smallest absolute Gasteiger partial charge is 0.0273 e. The zero-order valence-electron chi connectivity index (χ0n) is 26.5. The van der Waals surface area contributed by atoms with Gasteiger partial charge in [0, 0.05) is 39.6 Å². The van der Waals surface area contributed by atoms with E-state index in [-0.39, 0.29) is 21.1 Å². The van der Waals surface area contributed by atoms with Crippen molar-refractivity contribution in [1.29, 1.82) is 0 Å². The summed E-state index contributed by atoms with van der Waals surface area (Å²) in [6.07, 6.45) is 23.8. The molecular formula is C36H57S2SiW-. The largest absolute Gasteiger partial charge is 0.327 e. The average Bonchev–Trinajstić information content (AvgIpc) is 3.62. The van der Waals surface area contributed by atoms with Gasteiger partial charge in [0.1, 0.15) is 0 Å². The maximum atomic E-state index is 3.01. The third-order valence-corrected chi connectivity index (χ3v) is 22.0. The van der Waals surface area contributed by atoms with Crippen LogP contribution in [0.4, 0.5) is 0 Å². The minimum absolute atomic E-state index is 0. The first-order valence-electron chi connectivity index (χ1n) is 17.1. The molecule has 5 aliphatic carbocycles. The molecule has 2 heterocycles. The standard InChI is InChI=1S/C36H57S2Si.W/c1-21-18-29-30-19-22(2)38-34(30)35(33(29)37-21)39(6,7)31-17-16-27-28(31)20-24-10-8-9-11-26(24)32(27)23-12-14-25(15-13-23)36(3,4)5;/h17-19,23-35H,8-16,20H2,1-7H3;/q-1;. The number of fused-ring (bicyclic) bond motifs is 5. The van der Waals surface area contributed by atoms with E-state index in [1.165, 1.54) is 32.1 Å². The van der Waals surface area contributed by atoms with Crippen LogP contribution in [0.5, 0.6) is 0 Å². The van der Waals surface area contributed by atoms with E-state index < -0.39 is 8.07 Å². The molecule has 0 spiro atoms. The number of thioether (sulfide) groups is 2. The Balaban J connectivity index is 0.00000289. The van der Waals surface area contributed by atoms with E-state index in [1.807, 2.05) is 0 Å².